The summed E-state index contributed by atoms with van der Waals surface area (Å²) in [6.07, 6.45) is 5.49. The SMILES string of the molecule is NCCc1ncc2c(n1)CN(C1CC1)C2. The number of nitrogens with zero attached hydrogens (tertiary/aromatic N) is 3. The van der Waals surface area contributed by atoms with Crippen molar-refractivity contribution in [2.75, 3.05) is 6.54 Å². The first-order valence-corrected chi connectivity index (χ1v) is 5.64. The molecule has 4 heteroatoms. The number of fused-ring (bicyclic) bond motifs is 1. The molecule has 1 saturated carbocycles. The summed E-state index contributed by atoms with van der Waals surface area (Å²) in [7, 11) is 0. The lowest BCUT2D eigenvalue weighted by molar-refractivity contribution is 0.271. The minimum absolute atomic E-state index is 0.630. The molecule has 0 bridgehead atoms. The van der Waals surface area contributed by atoms with Crippen molar-refractivity contribution in [2.45, 2.75) is 38.4 Å². The van der Waals surface area contributed by atoms with E-state index in [0.717, 1.165) is 31.4 Å². The highest BCUT2D eigenvalue weighted by molar-refractivity contribution is 5.22. The van der Waals surface area contributed by atoms with Crippen LogP contribution < -0.4 is 5.73 Å². The fraction of sp³-hybridized carbons (Fsp3) is 0.636. The number of hydrogen-bond acceptors (Lipinski definition) is 4. The Labute approximate surface area is 89.5 Å². The Morgan fingerprint density at radius 2 is 2.27 bits per heavy atom. The Balaban J connectivity index is 1.79. The van der Waals surface area contributed by atoms with Gasteiger partial charge in [0, 0.05) is 37.3 Å². The van der Waals surface area contributed by atoms with Crippen molar-refractivity contribution >= 4 is 0 Å². The Kier molecular flexibility index (Phi) is 2.18. The van der Waals surface area contributed by atoms with Gasteiger partial charge in [-0.3, -0.25) is 4.90 Å². The molecule has 2 heterocycles. The second kappa shape index (κ2) is 3.54. The summed E-state index contributed by atoms with van der Waals surface area (Å²) < 4.78 is 0. The molecule has 2 N–H and O–H groups in total. The zero-order chi connectivity index (χ0) is 10.3. The van der Waals surface area contributed by atoms with Crippen LogP contribution in [0, 0.1) is 0 Å². The van der Waals surface area contributed by atoms with Crippen molar-refractivity contribution in [3.8, 4) is 0 Å². The largest absolute Gasteiger partial charge is 0.330 e. The van der Waals surface area contributed by atoms with Gasteiger partial charge in [0.05, 0.1) is 5.69 Å². The zero-order valence-electron chi connectivity index (χ0n) is 8.82. The first-order valence-electron chi connectivity index (χ1n) is 5.64. The van der Waals surface area contributed by atoms with Gasteiger partial charge >= 0.3 is 0 Å². The van der Waals surface area contributed by atoms with Gasteiger partial charge in [-0.2, -0.15) is 0 Å². The third-order valence-electron chi connectivity index (χ3n) is 3.16. The third-order valence-corrected chi connectivity index (χ3v) is 3.16. The molecule has 1 aliphatic carbocycles. The molecule has 3 rings (SSSR count). The zero-order valence-corrected chi connectivity index (χ0v) is 8.82. The first kappa shape index (κ1) is 9.24. The van der Waals surface area contributed by atoms with E-state index < -0.39 is 0 Å². The van der Waals surface area contributed by atoms with Gasteiger partial charge < -0.3 is 5.73 Å². The number of aromatic nitrogens is 2. The average Bonchev–Trinajstić information content (AvgIpc) is 2.99. The molecule has 1 aliphatic heterocycles. The van der Waals surface area contributed by atoms with Gasteiger partial charge in [-0.15, -0.1) is 0 Å². The molecule has 80 valence electrons. The van der Waals surface area contributed by atoms with Crippen molar-refractivity contribution in [3.63, 3.8) is 0 Å². The fourth-order valence-electron chi connectivity index (χ4n) is 2.17. The highest BCUT2D eigenvalue weighted by Crippen LogP contribution is 2.33. The Bertz CT molecular complexity index is 373. The number of rotatable bonds is 3. The van der Waals surface area contributed by atoms with E-state index in [1.54, 1.807) is 0 Å². The van der Waals surface area contributed by atoms with E-state index >= 15 is 0 Å². The van der Waals surface area contributed by atoms with Crippen LogP contribution in [0.1, 0.15) is 29.9 Å². The van der Waals surface area contributed by atoms with E-state index in [1.165, 1.54) is 24.1 Å². The third kappa shape index (κ3) is 1.75. The van der Waals surface area contributed by atoms with Gasteiger partial charge in [0.25, 0.3) is 0 Å². The van der Waals surface area contributed by atoms with Crippen molar-refractivity contribution in [3.05, 3.63) is 23.3 Å². The summed E-state index contributed by atoms with van der Waals surface area (Å²) >= 11 is 0. The predicted molar refractivity (Wildman–Crippen MR) is 57.1 cm³/mol. The Hall–Kier alpha value is -1.00. The highest BCUT2D eigenvalue weighted by Gasteiger charge is 2.33. The van der Waals surface area contributed by atoms with Crippen LogP contribution in [0.5, 0.6) is 0 Å². The van der Waals surface area contributed by atoms with Crippen LogP contribution in [0.25, 0.3) is 0 Å². The van der Waals surface area contributed by atoms with E-state index in [1.807, 2.05) is 6.20 Å². The van der Waals surface area contributed by atoms with Crippen LogP contribution in [-0.2, 0) is 19.5 Å². The number of hydrogen-bond donors (Lipinski definition) is 1. The van der Waals surface area contributed by atoms with Gasteiger partial charge in [-0.1, -0.05) is 0 Å². The van der Waals surface area contributed by atoms with Gasteiger partial charge in [0.1, 0.15) is 5.82 Å². The van der Waals surface area contributed by atoms with Crippen molar-refractivity contribution < 1.29 is 0 Å². The fourth-order valence-corrected chi connectivity index (χ4v) is 2.17. The van der Waals surface area contributed by atoms with E-state index in [4.69, 9.17) is 5.73 Å². The van der Waals surface area contributed by atoms with E-state index in [9.17, 15) is 0 Å². The average molecular weight is 204 g/mol. The molecule has 0 unspecified atom stereocenters. The highest BCUT2D eigenvalue weighted by atomic mass is 15.2. The molecular formula is C11H16N4. The predicted octanol–water partition coefficient (Wildman–Crippen LogP) is 0.456. The van der Waals surface area contributed by atoms with Crippen LogP contribution in [0.4, 0.5) is 0 Å². The lowest BCUT2D eigenvalue weighted by Crippen LogP contribution is -2.18. The molecule has 0 atom stereocenters. The van der Waals surface area contributed by atoms with E-state index in [2.05, 4.69) is 14.9 Å². The van der Waals surface area contributed by atoms with Gasteiger partial charge in [0.2, 0.25) is 0 Å². The standard InChI is InChI=1S/C11H16N4/c12-4-3-11-13-5-8-6-15(9-1-2-9)7-10(8)14-11/h5,9H,1-4,6-7,12H2. The lowest BCUT2D eigenvalue weighted by Gasteiger charge is -2.11. The quantitative estimate of drug-likeness (QED) is 0.777. The topological polar surface area (TPSA) is 55.0 Å². The molecule has 0 saturated heterocycles. The van der Waals surface area contributed by atoms with Crippen LogP contribution >= 0.6 is 0 Å². The van der Waals surface area contributed by atoms with Crippen molar-refractivity contribution in [1.82, 2.24) is 14.9 Å². The smallest absolute Gasteiger partial charge is 0.129 e. The van der Waals surface area contributed by atoms with Crippen LogP contribution in [-0.4, -0.2) is 27.5 Å². The second-order valence-corrected chi connectivity index (χ2v) is 4.43. The van der Waals surface area contributed by atoms with E-state index in [0.29, 0.717) is 6.54 Å². The molecule has 0 amide bonds. The Morgan fingerprint density at radius 3 is 3.00 bits per heavy atom. The van der Waals surface area contributed by atoms with Crippen LogP contribution in [0.15, 0.2) is 6.20 Å². The maximum absolute atomic E-state index is 5.50. The molecule has 0 spiro atoms. The molecule has 15 heavy (non-hydrogen) atoms. The van der Waals surface area contributed by atoms with Crippen molar-refractivity contribution in [2.24, 2.45) is 5.73 Å². The first-order chi connectivity index (χ1) is 7.36. The Morgan fingerprint density at radius 1 is 1.40 bits per heavy atom. The van der Waals surface area contributed by atoms with Crippen LogP contribution in [0.2, 0.25) is 0 Å². The monoisotopic (exact) mass is 204 g/mol. The van der Waals surface area contributed by atoms with Gasteiger partial charge in [-0.25, -0.2) is 9.97 Å². The molecule has 4 nitrogen and oxygen atoms in total. The molecular weight excluding hydrogens is 188 g/mol. The summed E-state index contributed by atoms with van der Waals surface area (Å²) in [4.78, 5) is 11.4. The molecule has 0 radical (unpaired) electrons. The number of nitrogens with two attached hydrogens (primary N) is 1. The van der Waals surface area contributed by atoms with Crippen molar-refractivity contribution in [1.29, 1.82) is 0 Å². The summed E-state index contributed by atoms with van der Waals surface area (Å²) in [5, 5.41) is 0. The second-order valence-electron chi connectivity index (χ2n) is 4.43. The summed E-state index contributed by atoms with van der Waals surface area (Å²) in [5.74, 6) is 0.897. The normalized spacial score (nSPS) is 20.6. The van der Waals surface area contributed by atoms with Crippen LogP contribution in [0.3, 0.4) is 0 Å². The summed E-state index contributed by atoms with van der Waals surface area (Å²) in [6, 6.07) is 0.817. The van der Waals surface area contributed by atoms with Gasteiger partial charge in [-0.05, 0) is 19.4 Å². The van der Waals surface area contributed by atoms with Gasteiger partial charge in [0.15, 0.2) is 0 Å². The molecule has 1 aromatic heterocycles. The summed E-state index contributed by atoms with van der Waals surface area (Å²) in [5.41, 5.74) is 8.03. The maximum Gasteiger partial charge on any atom is 0.129 e. The minimum Gasteiger partial charge on any atom is -0.330 e. The van der Waals surface area contributed by atoms with E-state index in [-0.39, 0.29) is 0 Å². The molecule has 1 fully saturated rings. The summed E-state index contributed by atoms with van der Waals surface area (Å²) in [6.45, 7) is 2.69. The minimum atomic E-state index is 0.630. The maximum atomic E-state index is 5.50. The molecule has 0 aromatic carbocycles. The lowest BCUT2D eigenvalue weighted by atomic mass is 10.2. The molecule has 1 aromatic rings. The molecule has 2 aliphatic rings.